The van der Waals surface area contributed by atoms with Crippen molar-refractivity contribution in [2.45, 2.75) is 23.3 Å². The van der Waals surface area contributed by atoms with E-state index in [9.17, 15) is 4.79 Å². The van der Waals surface area contributed by atoms with Gasteiger partial charge in [0, 0.05) is 6.42 Å². The first kappa shape index (κ1) is 13.1. The maximum atomic E-state index is 10.9. The van der Waals surface area contributed by atoms with E-state index in [1.54, 1.807) is 6.92 Å². The lowest BCUT2D eigenvalue weighted by Gasteiger charge is -2.19. The van der Waals surface area contributed by atoms with E-state index in [2.05, 4.69) is 22.5 Å². The molecule has 0 radical (unpaired) electrons. The number of hydrogen-bond acceptors (Lipinski definition) is 3. The third-order valence-electron chi connectivity index (χ3n) is 1.11. The molecule has 0 fully saturated rings. The van der Waals surface area contributed by atoms with Crippen LogP contribution in [0.25, 0.3) is 0 Å². The van der Waals surface area contributed by atoms with Crippen LogP contribution >= 0.6 is 47.0 Å². The summed E-state index contributed by atoms with van der Waals surface area (Å²) in [5, 5.41) is 4.42. The minimum absolute atomic E-state index is 0.273. The predicted molar refractivity (Wildman–Crippen MR) is 57.5 cm³/mol. The number of hydrogen-bond donors (Lipinski definition) is 1. The van der Waals surface area contributed by atoms with Crippen molar-refractivity contribution in [1.82, 2.24) is 5.32 Å². The van der Waals surface area contributed by atoms with Gasteiger partial charge in [-0.15, -0.1) is 0 Å². The molecule has 1 N–H and O–H groups in total. The molecule has 0 spiro atoms. The lowest BCUT2D eigenvalue weighted by atomic mass is 10.4. The van der Waals surface area contributed by atoms with Crippen molar-refractivity contribution in [3.63, 3.8) is 0 Å². The van der Waals surface area contributed by atoms with E-state index in [0.29, 0.717) is 0 Å². The Balaban J connectivity index is 4.45. The Morgan fingerprint density at radius 2 is 2.23 bits per heavy atom. The van der Waals surface area contributed by atoms with Crippen LogP contribution in [0.2, 0.25) is 0 Å². The third-order valence-corrected chi connectivity index (χ3v) is 1.84. The van der Waals surface area contributed by atoms with Gasteiger partial charge in [0.05, 0.1) is 5.16 Å². The summed E-state index contributed by atoms with van der Waals surface area (Å²) >= 11 is 20.9. The molecule has 0 aromatic carbocycles. The topological polar surface area (TPSA) is 41.5 Å². The third kappa shape index (κ3) is 5.45. The van der Waals surface area contributed by atoms with Crippen LogP contribution in [0.15, 0.2) is 4.99 Å². The molecule has 0 aromatic rings. The summed E-state index contributed by atoms with van der Waals surface area (Å²) in [6.07, 6.45) is -0.702. The molecule has 0 heterocycles. The quantitative estimate of drug-likeness (QED) is 0.481. The van der Waals surface area contributed by atoms with Crippen molar-refractivity contribution >= 4 is 58.1 Å². The smallest absolute Gasteiger partial charge is 0.231 e. The molecule has 7 heteroatoms. The molecule has 1 amide bonds. The molecular weight excluding hydrogens is 255 g/mol. The van der Waals surface area contributed by atoms with Crippen LogP contribution < -0.4 is 5.32 Å². The van der Waals surface area contributed by atoms with Crippen molar-refractivity contribution in [3.05, 3.63) is 0 Å². The van der Waals surface area contributed by atoms with E-state index < -0.39 is 9.96 Å². The molecule has 13 heavy (non-hydrogen) atoms. The van der Waals surface area contributed by atoms with Crippen molar-refractivity contribution in [1.29, 1.82) is 0 Å². The average Bonchev–Trinajstić information content (AvgIpc) is 2.01. The number of aliphatic imine (C=N–C) groups is 1. The number of nitrogens with zero attached hydrogens (tertiary/aromatic N) is 1. The molecule has 3 nitrogen and oxygen atoms in total. The van der Waals surface area contributed by atoms with Crippen LogP contribution in [0.3, 0.4) is 0 Å². The monoisotopic (exact) mass is 260 g/mol. The highest BCUT2D eigenvalue weighted by Gasteiger charge is 2.33. The fraction of sp³-hybridized carbons (Fsp3) is 0.667. The molecule has 0 aromatic heterocycles. The van der Waals surface area contributed by atoms with Crippen molar-refractivity contribution in [2.24, 2.45) is 4.99 Å². The Morgan fingerprint density at radius 1 is 1.69 bits per heavy atom. The second-order valence-corrected chi connectivity index (χ2v) is 4.64. The highest BCUT2D eigenvalue weighted by atomic mass is 35.6. The minimum atomic E-state index is -1.71. The standard InChI is InChI=1S/C6H7Cl3N2OS/c1-2-4(12)11-5(10-3-13)6(7,8)9/h5H,2H2,1H3,(H,11,12)/t5-/m1/s1. The van der Waals surface area contributed by atoms with Gasteiger partial charge in [0.2, 0.25) is 9.70 Å². The molecule has 0 rings (SSSR count). The maximum Gasteiger partial charge on any atom is 0.231 e. The summed E-state index contributed by atoms with van der Waals surface area (Å²) in [5.41, 5.74) is 0. The molecule has 0 bridgehead atoms. The number of isothiocyanates is 1. The van der Waals surface area contributed by atoms with Crippen LogP contribution in [0.5, 0.6) is 0 Å². The zero-order valence-electron chi connectivity index (χ0n) is 6.68. The second kappa shape index (κ2) is 5.78. The van der Waals surface area contributed by atoms with E-state index in [0.717, 1.165) is 0 Å². The van der Waals surface area contributed by atoms with Crippen LogP contribution in [-0.4, -0.2) is 21.0 Å². The van der Waals surface area contributed by atoms with E-state index >= 15 is 0 Å². The summed E-state index contributed by atoms with van der Waals surface area (Å²) in [7, 11) is 0. The van der Waals surface area contributed by atoms with Gasteiger partial charge in [-0.3, -0.25) is 4.79 Å². The number of carbonyl (C=O) groups is 1. The number of alkyl halides is 3. The van der Waals surface area contributed by atoms with E-state index in [4.69, 9.17) is 34.8 Å². The van der Waals surface area contributed by atoms with Crippen LogP contribution in [0.4, 0.5) is 0 Å². The first-order chi connectivity index (χ1) is 5.91. The molecule has 0 unspecified atom stereocenters. The minimum Gasteiger partial charge on any atom is -0.330 e. The molecule has 0 aliphatic heterocycles. The van der Waals surface area contributed by atoms with E-state index in [1.165, 1.54) is 0 Å². The van der Waals surface area contributed by atoms with Crippen molar-refractivity contribution in [2.75, 3.05) is 0 Å². The van der Waals surface area contributed by atoms with E-state index in [-0.39, 0.29) is 12.3 Å². The molecule has 74 valence electrons. The predicted octanol–water partition coefficient (Wildman–Crippen LogP) is 2.31. The molecule has 0 aliphatic carbocycles. The Hall–Kier alpha value is 0.140. The summed E-state index contributed by atoms with van der Waals surface area (Å²) in [6, 6.07) is 0. The maximum absolute atomic E-state index is 10.9. The van der Waals surface area contributed by atoms with Crippen LogP contribution in [0.1, 0.15) is 13.3 Å². The Labute approximate surface area is 96.4 Å². The lowest BCUT2D eigenvalue weighted by Crippen LogP contribution is -2.41. The normalized spacial score (nSPS) is 12.9. The fourth-order valence-corrected chi connectivity index (χ4v) is 0.910. The Morgan fingerprint density at radius 3 is 2.54 bits per heavy atom. The number of rotatable bonds is 3. The van der Waals surface area contributed by atoms with Crippen molar-refractivity contribution < 1.29 is 4.79 Å². The van der Waals surface area contributed by atoms with Crippen LogP contribution in [0, 0.1) is 0 Å². The van der Waals surface area contributed by atoms with Gasteiger partial charge < -0.3 is 5.32 Å². The number of carbonyl (C=O) groups excluding carboxylic acids is 1. The summed E-state index contributed by atoms with van der Waals surface area (Å²) in [6.45, 7) is 1.67. The zero-order chi connectivity index (χ0) is 10.5. The van der Waals surface area contributed by atoms with E-state index in [1.807, 2.05) is 5.16 Å². The molecule has 0 saturated carbocycles. The van der Waals surface area contributed by atoms with Gasteiger partial charge in [-0.2, -0.15) is 0 Å². The highest BCUT2D eigenvalue weighted by Crippen LogP contribution is 2.30. The number of thiocarbonyl (C=S) groups is 1. The largest absolute Gasteiger partial charge is 0.330 e. The molecule has 1 atom stereocenters. The summed E-state index contributed by atoms with van der Waals surface area (Å²) in [5.74, 6) is -0.273. The van der Waals surface area contributed by atoms with Crippen LogP contribution in [-0.2, 0) is 4.79 Å². The second-order valence-electron chi connectivity index (χ2n) is 2.09. The summed E-state index contributed by atoms with van der Waals surface area (Å²) < 4.78 is -1.71. The highest BCUT2D eigenvalue weighted by molar-refractivity contribution is 7.78. The molecule has 0 aliphatic rings. The lowest BCUT2D eigenvalue weighted by molar-refractivity contribution is -0.121. The van der Waals surface area contributed by atoms with Gasteiger partial charge in [0.1, 0.15) is 0 Å². The zero-order valence-corrected chi connectivity index (χ0v) is 9.77. The number of amides is 1. The molecular formula is C6H7Cl3N2OS. The van der Waals surface area contributed by atoms with Gasteiger partial charge in [-0.05, 0) is 12.2 Å². The molecule has 0 saturated heterocycles. The fourth-order valence-electron chi connectivity index (χ4n) is 0.495. The van der Waals surface area contributed by atoms with Gasteiger partial charge in [0.25, 0.3) is 0 Å². The van der Waals surface area contributed by atoms with Gasteiger partial charge >= 0.3 is 0 Å². The first-order valence-electron chi connectivity index (χ1n) is 3.35. The Bertz CT molecular complexity index is 235. The van der Waals surface area contributed by atoms with Gasteiger partial charge in [0.15, 0.2) is 6.17 Å². The van der Waals surface area contributed by atoms with Gasteiger partial charge in [-0.1, -0.05) is 41.7 Å². The SMILES string of the molecule is CCC(=O)N[C@@H](N=C=S)C(Cl)(Cl)Cl. The number of halogens is 3. The van der Waals surface area contributed by atoms with Gasteiger partial charge in [-0.25, -0.2) is 4.99 Å². The average molecular weight is 262 g/mol. The number of nitrogens with one attached hydrogen (secondary N) is 1. The first-order valence-corrected chi connectivity index (χ1v) is 4.89. The van der Waals surface area contributed by atoms with Crippen molar-refractivity contribution in [3.8, 4) is 0 Å². The summed E-state index contributed by atoms with van der Waals surface area (Å²) in [4.78, 5) is 14.5. The Kier molecular flexibility index (Phi) is 5.85.